The van der Waals surface area contributed by atoms with E-state index in [4.69, 9.17) is 5.26 Å². The Labute approximate surface area is 144 Å². The summed E-state index contributed by atoms with van der Waals surface area (Å²) in [5, 5.41) is 29.6. The Morgan fingerprint density at radius 3 is 2.72 bits per heavy atom. The Kier molecular flexibility index (Phi) is 3.67. The molecule has 0 aromatic carbocycles. The largest absolute Gasteiger partial charge is 0.385 e. The summed E-state index contributed by atoms with van der Waals surface area (Å²) < 4.78 is 2.08. The van der Waals surface area contributed by atoms with Crippen LogP contribution in [0.4, 0.5) is 0 Å². The van der Waals surface area contributed by atoms with Crippen molar-refractivity contribution in [3.05, 3.63) is 23.8 Å². The van der Waals surface area contributed by atoms with Crippen molar-refractivity contribution in [3.63, 3.8) is 0 Å². The summed E-state index contributed by atoms with van der Waals surface area (Å²) >= 11 is 0. The number of aromatic nitrogens is 4. The van der Waals surface area contributed by atoms with E-state index in [1.165, 1.54) is 0 Å². The summed E-state index contributed by atoms with van der Waals surface area (Å²) in [6, 6.07) is 4.72. The first-order chi connectivity index (χ1) is 12.1. The van der Waals surface area contributed by atoms with Crippen LogP contribution in [0.15, 0.2) is 12.4 Å². The molecular formula is C18H18N6O. The first kappa shape index (κ1) is 15.6. The number of fused-ring (bicyclic) bond motifs is 3. The Bertz CT molecular complexity index is 1020. The van der Waals surface area contributed by atoms with E-state index in [0.717, 1.165) is 36.6 Å². The third-order valence-corrected chi connectivity index (χ3v) is 5.12. The molecule has 4 rings (SSSR count). The van der Waals surface area contributed by atoms with Gasteiger partial charge in [0.1, 0.15) is 29.2 Å². The maximum absolute atomic E-state index is 10.3. The first-order valence-electron chi connectivity index (χ1n) is 8.49. The Hall–Kier alpha value is -2.90. The maximum Gasteiger partial charge on any atom is 0.140 e. The van der Waals surface area contributed by atoms with Crippen molar-refractivity contribution in [1.82, 2.24) is 19.5 Å². The molecule has 0 bridgehead atoms. The molecule has 126 valence electrons. The number of aliphatic hydroxyl groups is 1. The van der Waals surface area contributed by atoms with Gasteiger partial charge in [-0.15, -0.1) is 0 Å². The van der Waals surface area contributed by atoms with Crippen molar-refractivity contribution in [2.75, 3.05) is 0 Å². The lowest BCUT2D eigenvalue weighted by Crippen LogP contribution is -2.20. The molecule has 3 aromatic rings. The lowest BCUT2D eigenvalue weighted by atomic mass is 9.86. The van der Waals surface area contributed by atoms with E-state index < -0.39 is 6.10 Å². The molecule has 1 atom stereocenters. The van der Waals surface area contributed by atoms with Gasteiger partial charge in [0.25, 0.3) is 0 Å². The summed E-state index contributed by atoms with van der Waals surface area (Å²) in [5.41, 5.74) is 2.70. The minimum atomic E-state index is -0.722. The van der Waals surface area contributed by atoms with Crippen LogP contribution in [0.2, 0.25) is 0 Å². The van der Waals surface area contributed by atoms with Gasteiger partial charge in [0.05, 0.1) is 28.7 Å². The van der Waals surface area contributed by atoms with E-state index in [0.29, 0.717) is 22.6 Å². The number of rotatable bonds is 2. The van der Waals surface area contributed by atoms with Gasteiger partial charge in [-0.05, 0) is 32.6 Å². The third-order valence-electron chi connectivity index (χ3n) is 5.12. The third kappa shape index (κ3) is 2.36. The Morgan fingerprint density at radius 2 is 2.08 bits per heavy atom. The molecule has 1 fully saturated rings. The summed E-state index contributed by atoms with van der Waals surface area (Å²) in [6.07, 6.45) is 6.01. The standard InChI is InChI=1S/C18H18N6O/c1-10(25)18-23-14-9-22-17-15(12(7-20)8-21-17)16(14)24(18)13-4-2-11(6-19)3-5-13/h8-11,13,25H,2-5H2,1H3,(H,21,22). The number of hydrogen-bond acceptors (Lipinski definition) is 5. The van der Waals surface area contributed by atoms with E-state index in [-0.39, 0.29) is 12.0 Å². The van der Waals surface area contributed by atoms with Crippen LogP contribution in [-0.2, 0) is 0 Å². The van der Waals surface area contributed by atoms with Crippen molar-refractivity contribution in [3.8, 4) is 12.1 Å². The van der Waals surface area contributed by atoms with E-state index in [2.05, 4.69) is 31.7 Å². The van der Waals surface area contributed by atoms with Gasteiger partial charge in [0.2, 0.25) is 0 Å². The van der Waals surface area contributed by atoms with Crippen LogP contribution < -0.4 is 0 Å². The highest BCUT2D eigenvalue weighted by atomic mass is 16.3. The fourth-order valence-electron chi connectivity index (χ4n) is 3.90. The van der Waals surface area contributed by atoms with Crippen molar-refractivity contribution in [2.45, 2.75) is 44.8 Å². The van der Waals surface area contributed by atoms with Gasteiger partial charge in [-0.1, -0.05) is 0 Å². The molecule has 2 N–H and O–H groups in total. The van der Waals surface area contributed by atoms with Crippen LogP contribution in [0.1, 0.15) is 56.1 Å². The molecule has 0 amide bonds. The zero-order chi connectivity index (χ0) is 17.6. The minimum absolute atomic E-state index is 0.102. The van der Waals surface area contributed by atoms with E-state index >= 15 is 0 Å². The van der Waals surface area contributed by atoms with Gasteiger partial charge < -0.3 is 14.7 Å². The molecule has 1 aliphatic carbocycles. The van der Waals surface area contributed by atoms with Crippen LogP contribution in [0, 0.1) is 28.6 Å². The molecule has 25 heavy (non-hydrogen) atoms. The number of imidazole rings is 1. The van der Waals surface area contributed by atoms with E-state index in [1.807, 2.05) is 0 Å². The fourth-order valence-corrected chi connectivity index (χ4v) is 3.90. The normalized spacial score (nSPS) is 21.9. The SMILES string of the molecule is CC(O)c1nc2cnc3[nH]cc(C#N)c3c2n1C1CCC(C#N)CC1. The lowest BCUT2D eigenvalue weighted by molar-refractivity contribution is 0.177. The number of H-pyrrole nitrogens is 1. The molecule has 0 saturated heterocycles. The van der Waals surface area contributed by atoms with Gasteiger partial charge >= 0.3 is 0 Å². The lowest BCUT2D eigenvalue weighted by Gasteiger charge is -2.28. The van der Waals surface area contributed by atoms with Crippen LogP contribution in [0.5, 0.6) is 0 Å². The minimum Gasteiger partial charge on any atom is -0.385 e. The quantitative estimate of drug-likeness (QED) is 0.747. The van der Waals surface area contributed by atoms with Crippen molar-refractivity contribution >= 4 is 22.1 Å². The molecule has 0 radical (unpaired) electrons. The Morgan fingerprint density at radius 1 is 1.32 bits per heavy atom. The molecule has 1 unspecified atom stereocenters. The number of pyridine rings is 1. The first-order valence-corrected chi connectivity index (χ1v) is 8.49. The maximum atomic E-state index is 10.3. The highest BCUT2D eigenvalue weighted by Crippen LogP contribution is 2.38. The fraction of sp³-hybridized carbons (Fsp3) is 0.444. The molecule has 7 nitrogen and oxygen atoms in total. The summed E-state index contributed by atoms with van der Waals surface area (Å²) in [6.45, 7) is 1.70. The van der Waals surface area contributed by atoms with Gasteiger partial charge in [-0.25, -0.2) is 9.97 Å². The summed E-state index contributed by atoms with van der Waals surface area (Å²) in [5.74, 6) is 0.694. The summed E-state index contributed by atoms with van der Waals surface area (Å²) in [7, 11) is 0. The molecule has 0 spiro atoms. The van der Waals surface area contributed by atoms with Gasteiger partial charge in [0, 0.05) is 18.2 Å². The molecule has 7 heteroatoms. The molecule has 1 aliphatic rings. The number of nitrogens with zero attached hydrogens (tertiary/aromatic N) is 5. The zero-order valence-electron chi connectivity index (χ0n) is 13.9. The second kappa shape index (κ2) is 5.87. The van der Waals surface area contributed by atoms with E-state index in [9.17, 15) is 10.4 Å². The van der Waals surface area contributed by atoms with Gasteiger partial charge in [-0.3, -0.25) is 0 Å². The zero-order valence-corrected chi connectivity index (χ0v) is 13.9. The molecule has 3 heterocycles. The predicted octanol–water partition coefficient (Wildman–Crippen LogP) is 3.09. The van der Waals surface area contributed by atoms with Crippen LogP contribution in [0.3, 0.4) is 0 Å². The average molecular weight is 334 g/mol. The number of aromatic amines is 1. The molecule has 0 aliphatic heterocycles. The monoisotopic (exact) mass is 334 g/mol. The number of aliphatic hydroxyl groups excluding tert-OH is 1. The Balaban J connectivity index is 1.97. The molecule has 1 saturated carbocycles. The van der Waals surface area contributed by atoms with E-state index in [1.54, 1.807) is 19.3 Å². The summed E-state index contributed by atoms with van der Waals surface area (Å²) in [4.78, 5) is 12.0. The number of nitriles is 2. The second-order valence-corrected chi connectivity index (χ2v) is 6.68. The van der Waals surface area contributed by atoms with Gasteiger partial charge in [0.15, 0.2) is 0 Å². The predicted molar refractivity (Wildman–Crippen MR) is 91.3 cm³/mol. The molecule has 3 aromatic heterocycles. The highest BCUT2D eigenvalue weighted by molar-refractivity contribution is 6.04. The number of hydrogen-bond donors (Lipinski definition) is 2. The van der Waals surface area contributed by atoms with Crippen molar-refractivity contribution in [2.24, 2.45) is 5.92 Å². The molecular weight excluding hydrogens is 316 g/mol. The van der Waals surface area contributed by atoms with Crippen molar-refractivity contribution < 1.29 is 5.11 Å². The second-order valence-electron chi connectivity index (χ2n) is 6.68. The topological polar surface area (TPSA) is 114 Å². The highest BCUT2D eigenvalue weighted by Gasteiger charge is 2.28. The number of nitrogens with one attached hydrogen (secondary N) is 1. The van der Waals surface area contributed by atoms with Crippen LogP contribution in [-0.4, -0.2) is 24.6 Å². The average Bonchev–Trinajstić information content (AvgIpc) is 3.22. The van der Waals surface area contributed by atoms with Crippen LogP contribution >= 0.6 is 0 Å². The van der Waals surface area contributed by atoms with Gasteiger partial charge in [-0.2, -0.15) is 10.5 Å². The smallest absolute Gasteiger partial charge is 0.140 e. The van der Waals surface area contributed by atoms with Crippen molar-refractivity contribution in [1.29, 1.82) is 10.5 Å². The van der Waals surface area contributed by atoms with Crippen LogP contribution in [0.25, 0.3) is 22.1 Å².